The highest BCUT2D eigenvalue weighted by molar-refractivity contribution is 6.09. The van der Waals surface area contributed by atoms with E-state index < -0.39 is 40.8 Å². The van der Waals surface area contributed by atoms with Crippen LogP contribution < -0.4 is 16.0 Å². The maximum atomic E-state index is 13.3. The van der Waals surface area contributed by atoms with Crippen molar-refractivity contribution in [1.82, 2.24) is 10.2 Å². The van der Waals surface area contributed by atoms with Crippen molar-refractivity contribution in [3.63, 3.8) is 0 Å². The number of carbonyl (C=O) groups excluding carboxylic acids is 2. The van der Waals surface area contributed by atoms with Gasteiger partial charge in [-0.2, -0.15) is 18.4 Å². The van der Waals surface area contributed by atoms with Crippen LogP contribution in [0.3, 0.4) is 0 Å². The summed E-state index contributed by atoms with van der Waals surface area (Å²) in [5.41, 5.74) is 4.01. The topological polar surface area (TPSA) is 115 Å². The van der Waals surface area contributed by atoms with Gasteiger partial charge in [0.15, 0.2) is 0 Å². The van der Waals surface area contributed by atoms with Crippen LogP contribution in [0.5, 0.6) is 0 Å². The van der Waals surface area contributed by atoms with Crippen LogP contribution in [0.1, 0.15) is 46.6 Å². The van der Waals surface area contributed by atoms with Crippen LogP contribution in [-0.4, -0.2) is 40.9 Å². The number of urea groups is 1. The Balaban J connectivity index is 2.45. The molecule has 8 nitrogen and oxygen atoms in total. The minimum absolute atomic E-state index is 0.00625. The molecule has 11 heteroatoms. The number of halogens is 3. The molecule has 34 heavy (non-hydrogen) atoms. The van der Waals surface area contributed by atoms with Crippen LogP contribution in [0.15, 0.2) is 41.0 Å². The molecular formula is C23H29F3N6O2. The molecule has 1 aliphatic rings. The number of nitrogens with two attached hydrogens (primary N) is 1. The molecule has 1 fully saturated rings. The summed E-state index contributed by atoms with van der Waals surface area (Å²) in [5, 5.41) is 12.3. The number of alkyl halides is 3. The summed E-state index contributed by atoms with van der Waals surface area (Å²) in [6, 6.07) is 5.13. The smallest absolute Gasteiger partial charge is 0.369 e. The van der Waals surface area contributed by atoms with Gasteiger partial charge in [0.2, 0.25) is 5.96 Å². The molecule has 3 amide bonds. The third-order valence-electron chi connectivity index (χ3n) is 5.12. The lowest BCUT2D eigenvalue weighted by Gasteiger charge is -2.30. The summed E-state index contributed by atoms with van der Waals surface area (Å²) in [6.07, 6.45) is -3.18. The summed E-state index contributed by atoms with van der Waals surface area (Å²) < 4.78 is 39.8. The fourth-order valence-electron chi connectivity index (χ4n) is 3.70. The SMILES string of the molecule is CC(C)CC(C)N(C(=O)C(C#N)=CN=C(N)N1CC(C)(C)NC1=O)c1cccc(C(F)(F)F)c1. The molecule has 1 aromatic rings. The van der Waals surface area contributed by atoms with E-state index in [2.05, 4.69) is 10.3 Å². The molecule has 2 rings (SSSR count). The first-order valence-electron chi connectivity index (χ1n) is 10.7. The Morgan fingerprint density at radius 1 is 1.38 bits per heavy atom. The molecule has 1 atom stereocenters. The van der Waals surface area contributed by atoms with Gasteiger partial charge in [0.25, 0.3) is 5.91 Å². The lowest BCUT2D eigenvalue weighted by Crippen LogP contribution is -2.41. The van der Waals surface area contributed by atoms with Gasteiger partial charge >= 0.3 is 12.2 Å². The van der Waals surface area contributed by atoms with Crippen LogP contribution in [-0.2, 0) is 11.0 Å². The fourth-order valence-corrected chi connectivity index (χ4v) is 3.70. The van der Waals surface area contributed by atoms with E-state index in [1.54, 1.807) is 26.8 Å². The van der Waals surface area contributed by atoms with Gasteiger partial charge in [-0.3, -0.25) is 9.69 Å². The van der Waals surface area contributed by atoms with Crippen LogP contribution in [0, 0.1) is 17.2 Å². The maximum Gasteiger partial charge on any atom is 0.416 e. The predicted octanol–water partition coefficient (Wildman–Crippen LogP) is 4.00. The van der Waals surface area contributed by atoms with Crippen molar-refractivity contribution >= 4 is 23.6 Å². The van der Waals surface area contributed by atoms with E-state index >= 15 is 0 Å². The molecule has 0 aliphatic carbocycles. The van der Waals surface area contributed by atoms with Gasteiger partial charge in [0.05, 0.1) is 23.8 Å². The third-order valence-corrected chi connectivity index (χ3v) is 5.12. The van der Waals surface area contributed by atoms with Gasteiger partial charge < -0.3 is 16.0 Å². The average molecular weight is 479 g/mol. The Hall–Kier alpha value is -3.55. The van der Waals surface area contributed by atoms with Gasteiger partial charge in [0.1, 0.15) is 11.6 Å². The lowest BCUT2D eigenvalue weighted by molar-refractivity contribution is -0.137. The second-order valence-corrected chi connectivity index (χ2v) is 9.24. The van der Waals surface area contributed by atoms with E-state index in [4.69, 9.17) is 5.73 Å². The highest BCUT2D eigenvalue weighted by Crippen LogP contribution is 2.33. The minimum Gasteiger partial charge on any atom is -0.369 e. The number of nitrogens with one attached hydrogen (secondary N) is 1. The zero-order valence-corrected chi connectivity index (χ0v) is 19.8. The van der Waals surface area contributed by atoms with Gasteiger partial charge in [0, 0.05) is 11.7 Å². The van der Waals surface area contributed by atoms with Crippen LogP contribution >= 0.6 is 0 Å². The standard InChI is InChI=1S/C23H29F3N6O2/c1-14(2)9-15(3)32(18-8-6-7-17(10-18)23(24,25)26)19(33)16(11-27)12-29-20(28)31-13-22(4,5)30-21(31)34/h6-8,10,12,14-15H,9,13H2,1-5H3,(H2,28,29)(H,30,34). The number of guanidine groups is 1. The number of hydrogen-bond donors (Lipinski definition) is 2. The number of benzene rings is 1. The molecule has 0 radical (unpaired) electrons. The molecule has 1 saturated heterocycles. The van der Waals surface area contributed by atoms with E-state index in [9.17, 15) is 28.0 Å². The molecule has 0 aromatic heterocycles. The second kappa shape index (κ2) is 10.2. The molecule has 184 valence electrons. The highest BCUT2D eigenvalue weighted by Gasteiger charge is 2.37. The molecule has 0 bridgehead atoms. The summed E-state index contributed by atoms with van der Waals surface area (Å²) in [5.74, 6) is -0.904. The van der Waals surface area contributed by atoms with Crippen LogP contribution in [0.4, 0.5) is 23.7 Å². The van der Waals surface area contributed by atoms with E-state index in [1.165, 1.54) is 17.0 Å². The Morgan fingerprint density at radius 2 is 2.03 bits per heavy atom. The van der Waals surface area contributed by atoms with Crippen molar-refractivity contribution in [3.8, 4) is 6.07 Å². The number of nitriles is 1. The van der Waals surface area contributed by atoms with Crippen molar-refractivity contribution in [2.45, 2.75) is 58.8 Å². The van der Waals surface area contributed by atoms with Crippen LogP contribution in [0.2, 0.25) is 0 Å². The number of rotatable bonds is 6. The normalized spacial score (nSPS) is 17.4. The number of aliphatic imine (C=N–C) groups is 1. The molecule has 1 unspecified atom stereocenters. The zero-order chi connectivity index (χ0) is 25.8. The Kier molecular flexibility index (Phi) is 7.97. The Morgan fingerprint density at radius 3 is 2.53 bits per heavy atom. The Bertz CT molecular complexity index is 1040. The molecule has 0 spiro atoms. The predicted molar refractivity (Wildman–Crippen MR) is 122 cm³/mol. The quantitative estimate of drug-likeness (QED) is 0.278. The highest BCUT2D eigenvalue weighted by atomic mass is 19.4. The van der Waals surface area contributed by atoms with Gasteiger partial charge in [-0.05, 0) is 51.3 Å². The van der Waals surface area contributed by atoms with Crippen molar-refractivity contribution in [2.75, 3.05) is 11.4 Å². The number of nitrogens with zero attached hydrogens (tertiary/aromatic N) is 4. The fraction of sp³-hybridized carbons (Fsp3) is 0.478. The van der Waals surface area contributed by atoms with Crippen molar-refractivity contribution in [2.24, 2.45) is 16.6 Å². The van der Waals surface area contributed by atoms with E-state index in [0.717, 1.165) is 23.2 Å². The summed E-state index contributed by atoms with van der Waals surface area (Å²) in [6.45, 7) is 9.34. The number of anilines is 1. The zero-order valence-electron chi connectivity index (χ0n) is 19.8. The van der Waals surface area contributed by atoms with Crippen molar-refractivity contribution < 1.29 is 22.8 Å². The second-order valence-electron chi connectivity index (χ2n) is 9.24. The van der Waals surface area contributed by atoms with Crippen molar-refractivity contribution in [3.05, 3.63) is 41.6 Å². The summed E-state index contributed by atoms with van der Waals surface area (Å²) in [4.78, 5) is 31.6. The Labute approximate surface area is 196 Å². The van der Waals surface area contributed by atoms with Gasteiger partial charge in [-0.15, -0.1) is 0 Å². The summed E-state index contributed by atoms with van der Waals surface area (Å²) >= 11 is 0. The summed E-state index contributed by atoms with van der Waals surface area (Å²) in [7, 11) is 0. The molecule has 0 saturated carbocycles. The maximum absolute atomic E-state index is 13.3. The number of hydrogen-bond acceptors (Lipinski definition) is 4. The minimum atomic E-state index is -4.59. The molecule has 1 aliphatic heterocycles. The number of carbonyl (C=O) groups is 2. The molecule has 3 N–H and O–H groups in total. The van der Waals surface area contributed by atoms with E-state index in [1.807, 2.05) is 13.8 Å². The monoisotopic (exact) mass is 478 g/mol. The first-order valence-corrected chi connectivity index (χ1v) is 10.7. The lowest BCUT2D eigenvalue weighted by atomic mass is 10.0. The molecule has 1 aromatic carbocycles. The van der Waals surface area contributed by atoms with Crippen molar-refractivity contribution in [1.29, 1.82) is 5.26 Å². The average Bonchev–Trinajstić information content (AvgIpc) is 2.99. The van der Waals surface area contributed by atoms with Gasteiger partial charge in [-0.1, -0.05) is 19.9 Å². The molecular weight excluding hydrogens is 449 g/mol. The first-order chi connectivity index (χ1) is 15.7. The van der Waals surface area contributed by atoms with Gasteiger partial charge in [-0.25, -0.2) is 9.79 Å². The number of amides is 3. The van der Waals surface area contributed by atoms with Crippen LogP contribution in [0.25, 0.3) is 0 Å². The van der Waals surface area contributed by atoms with E-state index in [0.29, 0.717) is 6.42 Å². The van der Waals surface area contributed by atoms with E-state index in [-0.39, 0.29) is 24.1 Å². The first kappa shape index (κ1) is 26.7. The largest absolute Gasteiger partial charge is 0.416 e. The molecule has 1 heterocycles. The third kappa shape index (κ3) is 6.50.